The van der Waals surface area contributed by atoms with Gasteiger partial charge in [0.1, 0.15) is 0 Å². The van der Waals surface area contributed by atoms with Gasteiger partial charge in [0, 0.05) is 6.04 Å². The Kier molecular flexibility index (Phi) is 4.39. The molecule has 14 heavy (non-hydrogen) atoms. The van der Waals surface area contributed by atoms with Gasteiger partial charge in [-0.15, -0.1) is 0 Å². The summed E-state index contributed by atoms with van der Waals surface area (Å²) in [6.07, 6.45) is 5.68. The maximum Gasteiger partial charge on any atom is 0.234 e. The summed E-state index contributed by atoms with van der Waals surface area (Å²) in [5, 5.41) is 0. The van der Waals surface area contributed by atoms with Crippen molar-refractivity contribution in [1.29, 1.82) is 0 Å². The third kappa shape index (κ3) is 2.47. The summed E-state index contributed by atoms with van der Waals surface area (Å²) in [6.45, 7) is 5.28. The molecule has 1 amide bonds. The largest absolute Gasteiger partial charge is 0.368 e. The molecule has 0 saturated carbocycles. The van der Waals surface area contributed by atoms with E-state index < -0.39 is 0 Å². The molecule has 0 aromatic rings. The molecule has 82 valence electrons. The maximum absolute atomic E-state index is 11.2. The summed E-state index contributed by atoms with van der Waals surface area (Å²) in [7, 11) is 0. The van der Waals surface area contributed by atoms with Crippen LogP contribution in [-0.4, -0.2) is 29.4 Å². The molecular formula is C11H22N2O. The van der Waals surface area contributed by atoms with Crippen LogP contribution in [-0.2, 0) is 4.79 Å². The first-order valence-electron chi connectivity index (χ1n) is 5.75. The highest BCUT2D eigenvalue weighted by molar-refractivity contribution is 5.79. The molecule has 0 bridgehead atoms. The maximum atomic E-state index is 11.2. The SMILES string of the molecule is CCC[C@H]1CCCN1[C@@H](CC)C(N)=O. The summed E-state index contributed by atoms with van der Waals surface area (Å²) in [5.74, 6) is -0.157. The number of carbonyl (C=O) groups excluding carboxylic acids is 1. The zero-order valence-electron chi connectivity index (χ0n) is 9.33. The van der Waals surface area contributed by atoms with Gasteiger partial charge in [-0.1, -0.05) is 20.3 Å². The molecule has 3 heteroatoms. The Labute approximate surface area is 86.6 Å². The van der Waals surface area contributed by atoms with Gasteiger partial charge in [0.05, 0.1) is 6.04 Å². The number of amides is 1. The number of hydrogen-bond donors (Lipinski definition) is 1. The van der Waals surface area contributed by atoms with Gasteiger partial charge in [-0.3, -0.25) is 9.69 Å². The van der Waals surface area contributed by atoms with Gasteiger partial charge in [-0.2, -0.15) is 0 Å². The topological polar surface area (TPSA) is 46.3 Å². The predicted octanol–water partition coefficient (Wildman–Crippen LogP) is 1.51. The zero-order chi connectivity index (χ0) is 10.6. The van der Waals surface area contributed by atoms with Crippen LogP contribution in [0.1, 0.15) is 46.0 Å². The lowest BCUT2D eigenvalue weighted by Gasteiger charge is -2.30. The fraction of sp³-hybridized carbons (Fsp3) is 0.909. The molecule has 0 aromatic heterocycles. The number of carbonyl (C=O) groups is 1. The van der Waals surface area contributed by atoms with Crippen molar-refractivity contribution in [3.63, 3.8) is 0 Å². The molecule has 0 radical (unpaired) electrons. The van der Waals surface area contributed by atoms with Crippen molar-refractivity contribution < 1.29 is 4.79 Å². The fourth-order valence-electron chi connectivity index (χ4n) is 2.51. The molecule has 0 aromatic carbocycles. The summed E-state index contributed by atoms with van der Waals surface area (Å²) in [6, 6.07) is 0.562. The molecular weight excluding hydrogens is 176 g/mol. The summed E-state index contributed by atoms with van der Waals surface area (Å²) in [5.41, 5.74) is 5.40. The number of primary amides is 1. The highest BCUT2D eigenvalue weighted by Crippen LogP contribution is 2.24. The van der Waals surface area contributed by atoms with Gasteiger partial charge < -0.3 is 5.73 Å². The van der Waals surface area contributed by atoms with E-state index in [2.05, 4.69) is 11.8 Å². The van der Waals surface area contributed by atoms with E-state index in [1.165, 1.54) is 25.7 Å². The van der Waals surface area contributed by atoms with Crippen LogP contribution in [0.15, 0.2) is 0 Å². The highest BCUT2D eigenvalue weighted by atomic mass is 16.1. The van der Waals surface area contributed by atoms with Crippen molar-refractivity contribution in [3.05, 3.63) is 0 Å². The minimum atomic E-state index is -0.157. The molecule has 1 heterocycles. The second-order valence-corrected chi connectivity index (χ2v) is 4.15. The second kappa shape index (κ2) is 5.35. The van der Waals surface area contributed by atoms with Crippen molar-refractivity contribution >= 4 is 5.91 Å². The number of likely N-dealkylation sites (tertiary alicyclic amines) is 1. The summed E-state index contributed by atoms with van der Waals surface area (Å²) in [4.78, 5) is 13.6. The number of nitrogens with zero attached hydrogens (tertiary/aromatic N) is 1. The molecule has 1 aliphatic rings. The van der Waals surface area contributed by atoms with Crippen LogP contribution >= 0.6 is 0 Å². The Morgan fingerprint density at radius 2 is 2.29 bits per heavy atom. The van der Waals surface area contributed by atoms with Crippen LogP contribution in [0.3, 0.4) is 0 Å². The minimum absolute atomic E-state index is 0.0333. The third-order valence-electron chi connectivity index (χ3n) is 3.16. The Bertz CT molecular complexity index is 194. The van der Waals surface area contributed by atoms with Crippen LogP contribution < -0.4 is 5.73 Å². The average Bonchev–Trinajstić information content (AvgIpc) is 2.55. The quantitative estimate of drug-likeness (QED) is 0.728. The third-order valence-corrected chi connectivity index (χ3v) is 3.16. The first kappa shape index (κ1) is 11.5. The van der Waals surface area contributed by atoms with E-state index in [1.54, 1.807) is 0 Å². The number of hydrogen-bond acceptors (Lipinski definition) is 2. The molecule has 1 aliphatic heterocycles. The predicted molar refractivity (Wildman–Crippen MR) is 57.9 cm³/mol. The molecule has 1 rings (SSSR count). The molecule has 1 fully saturated rings. The summed E-state index contributed by atoms with van der Waals surface area (Å²) >= 11 is 0. The second-order valence-electron chi connectivity index (χ2n) is 4.15. The Morgan fingerprint density at radius 1 is 1.57 bits per heavy atom. The molecule has 2 N–H and O–H groups in total. The van der Waals surface area contributed by atoms with Gasteiger partial charge in [-0.05, 0) is 32.2 Å². The van der Waals surface area contributed by atoms with Crippen LogP contribution in [0.2, 0.25) is 0 Å². The standard InChI is InChI=1S/C11H22N2O/c1-3-6-9-7-5-8-13(9)10(4-2)11(12)14/h9-10H,3-8H2,1-2H3,(H2,12,14)/t9-,10-/m0/s1. The minimum Gasteiger partial charge on any atom is -0.368 e. The van der Waals surface area contributed by atoms with E-state index >= 15 is 0 Å². The molecule has 0 spiro atoms. The van der Waals surface area contributed by atoms with Crippen LogP contribution in [0.5, 0.6) is 0 Å². The number of nitrogens with two attached hydrogens (primary N) is 1. The fourth-order valence-corrected chi connectivity index (χ4v) is 2.51. The first-order valence-corrected chi connectivity index (χ1v) is 5.75. The Balaban J connectivity index is 2.59. The highest BCUT2D eigenvalue weighted by Gasteiger charge is 2.31. The van der Waals surface area contributed by atoms with Crippen molar-refractivity contribution in [3.8, 4) is 0 Å². The monoisotopic (exact) mass is 198 g/mol. The smallest absolute Gasteiger partial charge is 0.234 e. The van der Waals surface area contributed by atoms with Gasteiger partial charge in [0.15, 0.2) is 0 Å². The van der Waals surface area contributed by atoms with Crippen molar-refractivity contribution in [2.45, 2.75) is 58.0 Å². The van der Waals surface area contributed by atoms with E-state index in [4.69, 9.17) is 5.73 Å². The van der Waals surface area contributed by atoms with E-state index in [-0.39, 0.29) is 11.9 Å². The van der Waals surface area contributed by atoms with E-state index in [9.17, 15) is 4.79 Å². The van der Waals surface area contributed by atoms with Crippen molar-refractivity contribution in [2.75, 3.05) is 6.54 Å². The number of rotatable bonds is 5. The lowest BCUT2D eigenvalue weighted by atomic mass is 10.1. The molecule has 0 unspecified atom stereocenters. The van der Waals surface area contributed by atoms with Gasteiger partial charge in [0.25, 0.3) is 0 Å². The van der Waals surface area contributed by atoms with E-state index in [0.29, 0.717) is 6.04 Å². The first-order chi connectivity index (χ1) is 6.70. The van der Waals surface area contributed by atoms with Gasteiger partial charge in [0.2, 0.25) is 5.91 Å². The van der Waals surface area contributed by atoms with Crippen LogP contribution in [0.25, 0.3) is 0 Å². The normalized spacial score (nSPS) is 25.1. The lowest BCUT2D eigenvalue weighted by molar-refractivity contribution is -0.123. The van der Waals surface area contributed by atoms with Crippen LogP contribution in [0.4, 0.5) is 0 Å². The summed E-state index contributed by atoms with van der Waals surface area (Å²) < 4.78 is 0. The zero-order valence-corrected chi connectivity index (χ0v) is 9.33. The van der Waals surface area contributed by atoms with Crippen molar-refractivity contribution in [1.82, 2.24) is 4.90 Å². The molecule has 0 aliphatic carbocycles. The van der Waals surface area contributed by atoms with E-state index in [0.717, 1.165) is 13.0 Å². The van der Waals surface area contributed by atoms with Crippen LogP contribution in [0, 0.1) is 0 Å². The average molecular weight is 198 g/mol. The van der Waals surface area contributed by atoms with E-state index in [1.807, 2.05) is 6.92 Å². The Morgan fingerprint density at radius 3 is 2.79 bits per heavy atom. The molecule has 3 nitrogen and oxygen atoms in total. The molecule has 2 atom stereocenters. The van der Waals surface area contributed by atoms with Crippen molar-refractivity contribution in [2.24, 2.45) is 5.73 Å². The van der Waals surface area contributed by atoms with Gasteiger partial charge in [-0.25, -0.2) is 0 Å². The Hall–Kier alpha value is -0.570. The van der Waals surface area contributed by atoms with Gasteiger partial charge >= 0.3 is 0 Å². The molecule has 1 saturated heterocycles. The lowest BCUT2D eigenvalue weighted by Crippen LogP contribution is -2.46.